The van der Waals surface area contributed by atoms with Crippen molar-refractivity contribution < 1.29 is 0 Å². The zero-order chi connectivity index (χ0) is 11.8. The molecule has 0 radical (unpaired) electrons. The van der Waals surface area contributed by atoms with E-state index in [0.717, 1.165) is 18.8 Å². The van der Waals surface area contributed by atoms with Gasteiger partial charge in [0.1, 0.15) is 0 Å². The number of pyridine rings is 1. The molecule has 0 saturated carbocycles. The lowest BCUT2D eigenvalue weighted by molar-refractivity contribution is 0.741. The Hall–Kier alpha value is -1.93. The van der Waals surface area contributed by atoms with Gasteiger partial charge in [-0.05, 0) is 17.7 Å². The third-order valence-electron chi connectivity index (χ3n) is 2.40. The summed E-state index contributed by atoms with van der Waals surface area (Å²) in [4.78, 5) is 4.25. The number of nitrogens with one attached hydrogen (secondary N) is 1. The van der Waals surface area contributed by atoms with E-state index < -0.39 is 0 Å². The van der Waals surface area contributed by atoms with Crippen molar-refractivity contribution in [2.24, 2.45) is 0 Å². The standard InChI is InChI=1S/C15H16N2/c1-2-7-14(8-3-1)9-6-11-16-13-15-10-4-5-12-17-15/h1-10,12,16H,11,13H2/b9-6+. The molecule has 2 rings (SSSR count). The van der Waals surface area contributed by atoms with Gasteiger partial charge in [-0.2, -0.15) is 0 Å². The second-order valence-corrected chi connectivity index (χ2v) is 3.77. The summed E-state index contributed by atoms with van der Waals surface area (Å²) in [6, 6.07) is 16.2. The molecule has 2 aromatic rings. The van der Waals surface area contributed by atoms with Crippen molar-refractivity contribution in [3.63, 3.8) is 0 Å². The van der Waals surface area contributed by atoms with E-state index in [0.29, 0.717) is 0 Å². The third kappa shape index (κ3) is 4.21. The molecule has 0 unspecified atom stereocenters. The van der Waals surface area contributed by atoms with E-state index in [4.69, 9.17) is 0 Å². The molecule has 1 aromatic heterocycles. The van der Waals surface area contributed by atoms with E-state index in [1.165, 1.54) is 5.56 Å². The number of benzene rings is 1. The molecule has 86 valence electrons. The maximum absolute atomic E-state index is 4.25. The molecular weight excluding hydrogens is 208 g/mol. The molecule has 0 aliphatic heterocycles. The number of hydrogen-bond donors (Lipinski definition) is 1. The fraction of sp³-hybridized carbons (Fsp3) is 0.133. The molecule has 0 amide bonds. The van der Waals surface area contributed by atoms with Crippen LogP contribution in [0.15, 0.2) is 60.8 Å². The van der Waals surface area contributed by atoms with Crippen LogP contribution in [0, 0.1) is 0 Å². The summed E-state index contributed by atoms with van der Waals surface area (Å²) in [6.07, 6.45) is 6.06. The van der Waals surface area contributed by atoms with E-state index >= 15 is 0 Å². The zero-order valence-electron chi connectivity index (χ0n) is 9.71. The summed E-state index contributed by atoms with van der Waals surface area (Å²) in [5, 5.41) is 3.32. The Balaban J connectivity index is 1.72. The molecule has 1 aromatic carbocycles. The van der Waals surface area contributed by atoms with Gasteiger partial charge in [0.05, 0.1) is 5.69 Å². The van der Waals surface area contributed by atoms with E-state index in [1.807, 2.05) is 42.6 Å². The average molecular weight is 224 g/mol. The first-order chi connectivity index (χ1) is 8.45. The molecular formula is C15H16N2. The van der Waals surface area contributed by atoms with Gasteiger partial charge in [-0.15, -0.1) is 0 Å². The van der Waals surface area contributed by atoms with E-state index in [1.54, 1.807) is 0 Å². The highest BCUT2D eigenvalue weighted by molar-refractivity contribution is 5.48. The van der Waals surface area contributed by atoms with Gasteiger partial charge >= 0.3 is 0 Å². The van der Waals surface area contributed by atoms with Gasteiger partial charge in [0.2, 0.25) is 0 Å². The van der Waals surface area contributed by atoms with Gasteiger partial charge in [0.25, 0.3) is 0 Å². The Kier molecular flexibility index (Phi) is 4.49. The molecule has 0 saturated heterocycles. The Morgan fingerprint density at radius 1 is 1.00 bits per heavy atom. The van der Waals surface area contributed by atoms with Gasteiger partial charge in [-0.1, -0.05) is 48.6 Å². The van der Waals surface area contributed by atoms with Crippen molar-refractivity contribution >= 4 is 6.08 Å². The normalized spacial score (nSPS) is 10.8. The van der Waals surface area contributed by atoms with E-state index in [9.17, 15) is 0 Å². The number of nitrogens with zero attached hydrogens (tertiary/aromatic N) is 1. The van der Waals surface area contributed by atoms with Crippen LogP contribution in [-0.4, -0.2) is 11.5 Å². The topological polar surface area (TPSA) is 24.9 Å². The Morgan fingerprint density at radius 2 is 1.82 bits per heavy atom. The zero-order valence-corrected chi connectivity index (χ0v) is 9.71. The molecule has 1 heterocycles. The predicted octanol–water partition coefficient (Wildman–Crippen LogP) is 2.88. The van der Waals surface area contributed by atoms with Gasteiger partial charge in [-0.3, -0.25) is 4.98 Å². The highest BCUT2D eigenvalue weighted by atomic mass is 14.9. The van der Waals surface area contributed by atoms with Crippen LogP contribution in [0.2, 0.25) is 0 Å². The SMILES string of the molecule is C(=C\c1ccccc1)/CNCc1ccccn1. The van der Waals surface area contributed by atoms with Gasteiger partial charge < -0.3 is 5.32 Å². The Bertz CT molecular complexity index is 449. The smallest absolute Gasteiger partial charge is 0.0541 e. The predicted molar refractivity (Wildman–Crippen MR) is 71.4 cm³/mol. The molecule has 0 aliphatic rings. The maximum atomic E-state index is 4.25. The van der Waals surface area contributed by atoms with Crippen LogP contribution >= 0.6 is 0 Å². The highest BCUT2D eigenvalue weighted by Crippen LogP contribution is 2.00. The minimum absolute atomic E-state index is 0.806. The maximum Gasteiger partial charge on any atom is 0.0541 e. The summed E-state index contributed by atoms with van der Waals surface area (Å²) in [7, 11) is 0. The quantitative estimate of drug-likeness (QED) is 0.790. The van der Waals surface area contributed by atoms with Crippen molar-refractivity contribution in [1.82, 2.24) is 10.3 Å². The third-order valence-corrected chi connectivity index (χ3v) is 2.40. The lowest BCUT2D eigenvalue weighted by Gasteiger charge is -2.00. The molecule has 2 heteroatoms. The second kappa shape index (κ2) is 6.61. The molecule has 0 aliphatic carbocycles. The lowest BCUT2D eigenvalue weighted by atomic mass is 10.2. The fourth-order valence-electron chi connectivity index (χ4n) is 1.55. The van der Waals surface area contributed by atoms with Gasteiger partial charge in [0, 0.05) is 19.3 Å². The number of rotatable bonds is 5. The number of aromatic nitrogens is 1. The van der Waals surface area contributed by atoms with Crippen molar-refractivity contribution in [3.8, 4) is 0 Å². The van der Waals surface area contributed by atoms with Crippen LogP contribution in [0.25, 0.3) is 6.08 Å². The summed E-state index contributed by atoms with van der Waals surface area (Å²) in [5.74, 6) is 0. The molecule has 17 heavy (non-hydrogen) atoms. The molecule has 0 fully saturated rings. The first-order valence-electron chi connectivity index (χ1n) is 5.77. The Morgan fingerprint density at radius 3 is 2.59 bits per heavy atom. The van der Waals surface area contributed by atoms with Crippen LogP contribution < -0.4 is 5.32 Å². The first-order valence-corrected chi connectivity index (χ1v) is 5.77. The van der Waals surface area contributed by atoms with Crippen molar-refractivity contribution in [2.45, 2.75) is 6.54 Å². The van der Waals surface area contributed by atoms with E-state index in [-0.39, 0.29) is 0 Å². The summed E-state index contributed by atoms with van der Waals surface area (Å²) in [5.41, 5.74) is 2.30. The molecule has 2 nitrogen and oxygen atoms in total. The van der Waals surface area contributed by atoms with Crippen molar-refractivity contribution in [3.05, 3.63) is 72.1 Å². The van der Waals surface area contributed by atoms with Crippen LogP contribution in [0.3, 0.4) is 0 Å². The Labute approximate surface area is 102 Å². The van der Waals surface area contributed by atoms with E-state index in [2.05, 4.69) is 34.6 Å². The largest absolute Gasteiger partial charge is 0.308 e. The van der Waals surface area contributed by atoms with Crippen LogP contribution in [0.4, 0.5) is 0 Å². The van der Waals surface area contributed by atoms with Crippen LogP contribution in [-0.2, 0) is 6.54 Å². The second-order valence-electron chi connectivity index (χ2n) is 3.77. The fourth-order valence-corrected chi connectivity index (χ4v) is 1.55. The first kappa shape index (κ1) is 11.6. The molecule has 0 bridgehead atoms. The summed E-state index contributed by atoms with van der Waals surface area (Å²) in [6.45, 7) is 1.66. The van der Waals surface area contributed by atoms with Crippen molar-refractivity contribution in [2.75, 3.05) is 6.54 Å². The summed E-state index contributed by atoms with van der Waals surface area (Å²) < 4.78 is 0. The molecule has 0 spiro atoms. The summed E-state index contributed by atoms with van der Waals surface area (Å²) >= 11 is 0. The average Bonchev–Trinajstić information content (AvgIpc) is 2.41. The lowest BCUT2D eigenvalue weighted by Crippen LogP contribution is -2.13. The van der Waals surface area contributed by atoms with Gasteiger partial charge in [-0.25, -0.2) is 0 Å². The highest BCUT2D eigenvalue weighted by Gasteiger charge is 1.89. The van der Waals surface area contributed by atoms with Crippen LogP contribution in [0.1, 0.15) is 11.3 Å². The van der Waals surface area contributed by atoms with Crippen LogP contribution in [0.5, 0.6) is 0 Å². The van der Waals surface area contributed by atoms with Crippen molar-refractivity contribution in [1.29, 1.82) is 0 Å². The minimum atomic E-state index is 0.806. The minimum Gasteiger partial charge on any atom is -0.308 e. The monoisotopic (exact) mass is 224 g/mol. The molecule has 0 atom stereocenters. The molecule has 1 N–H and O–H groups in total. The number of hydrogen-bond acceptors (Lipinski definition) is 2. The van der Waals surface area contributed by atoms with Gasteiger partial charge in [0.15, 0.2) is 0 Å².